The minimum absolute atomic E-state index is 0.0701. The Balaban J connectivity index is 2.41. The fourth-order valence-electron chi connectivity index (χ4n) is 1.95. The first-order chi connectivity index (χ1) is 8.70. The summed E-state index contributed by atoms with van der Waals surface area (Å²) in [7, 11) is 0. The molecule has 0 radical (unpaired) electrons. The van der Waals surface area contributed by atoms with E-state index in [-0.39, 0.29) is 5.91 Å². The second-order valence-electron chi connectivity index (χ2n) is 4.12. The van der Waals surface area contributed by atoms with E-state index >= 15 is 0 Å². The summed E-state index contributed by atoms with van der Waals surface area (Å²) in [6, 6.07) is 15.8. The molecular weight excluding hydrogens is 224 g/mol. The first-order valence-corrected chi connectivity index (χ1v) is 5.86. The van der Waals surface area contributed by atoms with E-state index in [9.17, 15) is 4.79 Å². The third-order valence-electron chi connectivity index (χ3n) is 2.73. The van der Waals surface area contributed by atoms with Gasteiger partial charge in [0.25, 0.3) is 0 Å². The van der Waals surface area contributed by atoms with Crippen molar-refractivity contribution < 1.29 is 4.79 Å². The largest absolute Gasteiger partial charge is 0.326 e. The molecule has 2 aromatic rings. The van der Waals surface area contributed by atoms with E-state index < -0.39 is 0 Å². The van der Waals surface area contributed by atoms with Gasteiger partial charge in [0.05, 0.1) is 0 Å². The summed E-state index contributed by atoms with van der Waals surface area (Å²) in [6.45, 7) is 2.00. The van der Waals surface area contributed by atoms with Crippen LogP contribution in [0.1, 0.15) is 12.5 Å². The molecule has 18 heavy (non-hydrogen) atoms. The molecule has 0 heterocycles. The number of nitrogens with two attached hydrogens (primary N) is 1. The minimum atomic E-state index is -0.0701. The Morgan fingerprint density at radius 2 is 1.94 bits per heavy atom. The van der Waals surface area contributed by atoms with Gasteiger partial charge in [-0.05, 0) is 28.8 Å². The molecule has 3 N–H and O–H groups in total. The van der Waals surface area contributed by atoms with Crippen molar-refractivity contribution in [1.82, 2.24) is 0 Å². The number of hydrogen-bond acceptors (Lipinski definition) is 2. The number of carbonyl (C=O) groups is 1. The van der Waals surface area contributed by atoms with Crippen molar-refractivity contribution in [3.05, 3.63) is 54.1 Å². The van der Waals surface area contributed by atoms with Crippen molar-refractivity contribution in [2.45, 2.75) is 13.5 Å². The van der Waals surface area contributed by atoms with Gasteiger partial charge in [-0.1, -0.05) is 36.4 Å². The van der Waals surface area contributed by atoms with Crippen LogP contribution in [0, 0.1) is 0 Å². The van der Waals surface area contributed by atoms with Crippen LogP contribution in [0.2, 0.25) is 0 Å². The Morgan fingerprint density at radius 1 is 1.17 bits per heavy atom. The SMILES string of the molecule is CC(=O)Nc1cccc(-c2ccccc2CN)c1. The van der Waals surface area contributed by atoms with Gasteiger partial charge in [0.15, 0.2) is 0 Å². The molecule has 0 unspecified atom stereocenters. The standard InChI is InChI=1S/C15H16N2O/c1-11(18)17-14-7-4-6-12(9-14)15-8-3-2-5-13(15)10-16/h2-9H,10,16H2,1H3,(H,17,18). The van der Waals surface area contributed by atoms with Gasteiger partial charge in [-0.25, -0.2) is 0 Å². The molecule has 3 heteroatoms. The van der Waals surface area contributed by atoms with E-state index in [0.717, 1.165) is 22.4 Å². The quantitative estimate of drug-likeness (QED) is 0.866. The first-order valence-electron chi connectivity index (χ1n) is 5.86. The molecule has 3 nitrogen and oxygen atoms in total. The second-order valence-corrected chi connectivity index (χ2v) is 4.12. The zero-order chi connectivity index (χ0) is 13.0. The molecule has 0 atom stereocenters. The van der Waals surface area contributed by atoms with Gasteiger partial charge in [0.1, 0.15) is 0 Å². The zero-order valence-corrected chi connectivity index (χ0v) is 10.3. The first kappa shape index (κ1) is 12.3. The Morgan fingerprint density at radius 3 is 2.67 bits per heavy atom. The molecule has 0 aliphatic rings. The van der Waals surface area contributed by atoms with Crippen molar-refractivity contribution >= 4 is 11.6 Å². The molecule has 0 spiro atoms. The summed E-state index contributed by atoms with van der Waals surface area (Å²) < 4.78 is 0. The average molecular weight is 240 g/mol. The van der Waals surface area contributed by atoms with E-state index in [1.165, 1.54) is 6.92 Å². The molecule has 0 saturated carbocycles. The molecule has 0 bridgehead atoms. The fraction of sp³-hybridized carbons (Fsp3) is 0.133. The normalized spacial score (nSPS) is 10.1. The number of anilines is 1. The molecule has 0 fully saturated rings. The molecule has 0 aliphatic heterocycles. The van der Waals surface area contributed by atoms with Crippen LogP contribution in [0.4, 0.5) is 5.69 Å². The highest BCUT2D eigenvalue weighted by Crippen LogP contribution is 2.25. The molecule has 2 aromatic carbocycles. The summed E-state index contributed by atoms with van der Waals surface area (Å²) in [5.41, 5.74) is 9.79. The van der Waals surface area contributed by atoms with Gasteiger partial charge in [0.2, 0.25) is 5.91 Å². The van der Waals surface area contributed by atoms with Gasteiger partial charge in [-0.2, -0.15) is 0 Å². The highest BCUT2D eigenvalue weighted by Gasteiger charge is 2.04. The van der Waals surface area contributed by atoms with Crippen molar-refractivity contribution in [2.75, 3.05) is 5.32 Å². The number of amides is 1. The summed E-state index contributed by atoms with van der Waals surface area (Å²) in [6.07, 6.45) is 0. The van der Waals surface area contributed by atoms with Crippen LogP contribution < -0.4 is 11.1 Å². The summed E-state index contributed by atoms with van der Waals surface area (Å²) in [5.74, 6) is -0.0701. The summed E-state index contributed by atoms with van der Waals surface area (Å²) in [5, 5.41) is 2.78. The maximum absolute atomic E-state index is 11.1. The van der Waals surface area contributed by atoms with Gasteiger partial charge in [-0.3, -0.25) is 4.79 Å². The van der Waals surface area contributed by atoms with Crippen molar-refractivity contribution in [3.8, 4) is 11.1 Å². The lowest BCUT2D eigenvalue weighted by Crippen LogP contribution is -2.05. The van der Waals surface area contributed by atoms with Crippen LogP contribution in [0.15, 0.2) is 48.5 Å². The fourth-order valence-corrected chi connectivity index (χ4v) is 1.95. The summed E-state index contributed by atoms with van der Waals surface area (Å²) in [4.78, 5) is 11.1. The van der Waals surface area contributed by atoms with Crippen molar-refractivity contribution in [1.29, 1.82) is 0 Å². The Kier molecular flexibility index (Phi) is 3.75. The van der Waals surface area contributed by atoms with E-state index in [0.29, 0.717) is 6.54 Å². The predicted molar refractivity (Wildman–Crippen MR) is 74.1 cm³/mol. The number of hydrogen-bond donors (Lipinski definition) is 2. The van der Waals surface area contributed by atoms with E-state index in [4.69, 9.17) is 5.73 Å². The molecule has 1 amide bonds. The van der Waals surface area contributed by atoms with Crippen LogP contribution in [0.3, 0.4) is 0 Å². The van der Waals surface area contributed by atoms with Crippen molar-refractivity contribution in [2.24, 2.45) is 5.73 Å². The monoisotopic (exact) mass is 240 g/mol. The third-order valence-corrected chi connectivity index (χ3v) is 2.73. The van der Waals surface area contributed by atoms with E-state index in [1.54, 1.807) is 0 Å². The zero-order valence-electron chi connectivity index (χ0n) is 10.3. The Labute approximate surface area is 107 Å². The lowest BCUT2D eigenvalue weighted by molar-refractivity contribution is -0.114. The minimum Gasteiger partial charge on any atom is -0.326 e. The Hall–Kier alpha value is -2.13. The van der Waals surface area contributed by atoms with Crippen LogP contribution in [0.25, 0.3) is 11.1 Å². The Bertz CT molecular complexity index is 564. The van der Waals surface area contributed by atoms with E-state index in [1.807, 2.05) is 48.5 Å². The van der Waals surface area contributed by atoms with Crippen LogP contribution in [-0.2, 0) is 11.3 Å². The van der Waals surface area contributed by atoms with Gasteiger partial charge in [0, 0.05) is 19.2 Å². The molecule has 92 valence electrons. The number of benzene rings is 2. The highest BCUT2D eigenvalue weighted by atomic mass is 16.1. The average Bonchev–Trinajstić information content (AvgIpc) is 2.38. The molecular formula is C15H16N2O. The lowest BCUT2D eigenvalue weighted by Gasteiger charge is -2.09. The van der Waals surface area contributed by atoms with E-state index in [2.05, 4.69) is 5.32 Å². The lowest BCUT2D eigenvalue weighted by atomic mass is 9.99. The second kappa shape index (κ2) is 5.47. The maximum atomic E-state index is 11.1. The third kappa shape index (κ3) is 2.76. The predicted octanol–water partition coefficient (Wildman–Crippen LogP) is 2.77. The molecule has 0 aromatic heterocycles. The topological polar surface area (TPSA) is 55.1 Å². The highest BCUT2D eigenvalue weighted by molar-refractivity contribution is 5.89. The number of nitrogens with one attached hydrogen (secondary N) is 1. The molecule has 0 aliphatic carbocycles. The van der Waals surface area contributed by atoms with Crippen LogP contribution >= 0.6 is 0 Å². The van der Waals surface area contributed by atoms with Gasteiger partial charge in [-0.15, -0.1) is 0 Å². The van der Waals surface area contributed by atoms with Gasteiger partial charge >= 0.3 is 0 Å². The molecule has 0 saturated heterocycles. The van der Waals surface area contributed by atoms with Crippen molar-refractivity contribution in [3.63, 3.8) is 0 Å². The number of rotatable bonds is 3. The number of carbonyl (C=O) groups excluding carboxylic acids is 1. The van der Waals surface area contributed by atoms with Gasteiger partial charge < -0.3 is 11.1 Å². The summed E-state index contributed by atoms with van der Waals surface area (Å²) >= 11 is 0. The molecule has 2 rings (SSSR count). The van der Waals surface area contributed by atoms with Crippen LogP contribution in [-0.4, -0.2) is 5.91 Å². The maximum Gasteiger partial charge on any atom is 0.221 e. The van der Waals surface area contributed by atoms with Crippen LogP contribution in [0.5, 0.6) is 0 Å². The smallest absolute Gasteiger partial charge is 0.221 e.